The van der Waals surface area contributed by atoms with E-state index < -0.39 is 5.24 Å². The molecule has 1 fully saturated rings. The number of aryl methyl sites for hydroxylation is 1. The van der Waals surface area contributed by atoms with E-state index in [0.717, 1.165) is 24.1 Å². The van der Waals surface area contributed by atoms with Crippen LogP contribution < -0.4 is 5.32 Å². The molecule has 0 saturated carbocycles. The fraction of sp³-hybridized carbons (Fsp3) is 0.318. The fourth-order valence-corrected chi connectivity index (χ4v) is 3.85. The average Bonchev–Trinajstić information content (AvgIpc) is 2.75. The van der Waals surface area contributed by atoms with E-state index in [-0.39, 0.29) is 42.6 Å². The number of para-hydroxylation sites is 1. The number of quaternary nitrogens is 1. The van der Waals surface area contributed by atoms with Crippen molar-refractivity contribution >= 4 is 35.5 Å². The number of anilines is 1. The van der Waals surface area contributed by atoms with Crippen molar-refractivity contribution in [2.24, 2.45) is 0 Å². The molecular weight excluding hydrogens is 386 g/mol. The van der Waals surface area contributed by atoms with Gasteiger partial charge in [-0.2, -0.15) is 4.48 Å². The van der Waals surface area contributed by atoms with Gasteiger partial charge in [-0.3, -0.25) is 5.32 Å². The molecule has 7 heteroatoms. The lowest BCUT2D eigenvalue weighted by Crippen LogP contribution is -2.66. The molecule has 0 unspecified atom stereocenters. The third kappa shape index (κ3) is 4.46. The van der Waals surface area contributed by atoms with E-state index >= 15 is 0 Å². The maximum absolute atomic E-state index is 13.4. The van der Waals surface area contributed by atoms with Crippen molar-refractivity contribution in [1.29, 1.82) is 0 Å². The zero-order valence-corrected chi connectivity index (χ0v) is 17.3. The van der Waals surface area contributed by atoms with Gasteiger partial charge in [0.25, 0.3) is 0 Å². The van der Waals surface area contributed by atoms with Crippen molar-refractivity contribution in [3.63, 3.8) is 0 Å². The molecule has 1 aliphatic rings. The molecule has 0 atom stereocenters. The Morgan fingerprint density at radius 3 is 2.24 bits per heavy atom. The van der Waals surface area contributed by atoms with Gasteiger partial charge in [0.1, 0.15) is 18.3 Å². The summed E-state index contributed by atoms with van der Waals surface area (Å²) < 4.78 is -0.385. The van der Waals surface area contributed by atoms with Gasteiger partial charge in [-0.15, -0.1) is 0 Å². The number of piperazine rings is 1. The summed E-state index contributed by atoms with van der Waals surface area (Å²) in [7, 11) is 0. The molecule has 1 saturated heterocycles. The Morgan fingerprint density at radius 1 is 1.00 bits per heavy atom. The van der Waals surface area contributed by atoms with Crippen LogP contribution in [0.15, 0.2) is 54.6 Å². The number of rotatable bonds is 4. The Hall–Kier alpha value is -2.77. The Kier molecular flexibility index (Phi) is 6.61. The first-order valence-corrected chi connectivity index (χ1v) is 10.2. The molecule has 1 N–H and O–H groups in total. The molecule has 6 nitrogen and oxygen atoms in total. The molecule has 0 radical (unpaired) electrons. The molecule has 152 valence electrons. The van der Waals surface area contributed by atoms with Crippen molar-refractivity contribution in [2.45, 2.75) is 19.8 Å². The van der Waals surface area contributed by atoms with Crippen molar-refractivity contribution in [3.05, 3.63) is 65.7 Å². The molecule has 0 aromatic heterocycles. The van der Waals surface area contributed by atoms with Gasteiger partial charge in [0.2, 0.25) is 0 Å². The Morgan fingerprint density at radius 2 is 1.62 bits per heavy atom. The van der Waals surface area contributed by atoms with Gasteiger partial charge < -0.3 is 22.3 Å². The van der Waals surface area contributed by atoms with Crippen LogP contribution in [-0.2, 0) is 19.0 Å². The minimum Gasteiger partial charge on any atom is -0.719 e. The Labute approximate surface area is 176 Å². The van der Waals surface area contributed by atoms with Crippen molar-refractivity contribution in [2.75, 3.05) is 31.5 Å². The molecular formula is C22H25N3O3S. The predicted molar refractivity (Wildman–Crippen MR) is 115 cm³/mol. The minimum absolute atomic E-state index is 0.192. The summed E-state index contributed by atoms with van der Waals surface area (Å²) >= 11 is 4.74. The summed E-state index contributed by atoms with van der Waals surface area (Å²) in [6.45, 7) is 3.00. The quantitative estimate of drug-likeness (QED) is 0.614. The molecule has 0 aliphatic carbocycles. The molecule has 4 amide bonds. The molecule has 29 heavy (non-hydrogen) atoms. The van der Waals surface area contributed by atoms with E-state index in [4.69, 9.17) is 12.6 Å². The number of hydrogen-bond donors (Lipinski definition) is 1. The SMILES string of the molecule is CCCc1ccccc1NC(=O)[N+]1(C(=O)c2ccccc2)CCN(C(=O)[S-])CC1. The average molecular weight is 412 g/mol. The van der Waals surface area contributed by atoms with Crippen molar-refractivity contribution < 1.29 is 18.9 Å². The fourth-order valence-electron chi connectivity index (χ4n) is 3.67. The van der Waals surface area contributed by atoms with E-state index in [1.54, 1.807) is 24.3 Å². The van der Waals surface area contributed by atoms with E-state index in [2.05, 4.69) is 12.2 Å². The zero-order valence-electron chi connectivity index (χ0n) is 16.5. The highest BCUT2D eigenvalue weighted by molar-refractivity contribution is 7.76. The highest BCUT2D eigenvalue weighted by Gasteiger charge is 2.48. The smallest absolute Gasteiger partial charge is 0.428 e. The van der Waals surface area contributed by atoms with Crippen LogP contribution in [0.4, 0.5) is 15.3 Å². The monoisotopic (exact) mass is 411 g/mol. The zero-order chi connectivity index (χ0) is 20.9. The molecule has 0 bridgehead atoms. The van der Waals surface area contributed by atoms with E-state index in [9.17, 15) is 14.4 Å². The van der Waals surface area contributed by atoms with Crippen LogP contribution in [0.1, 0.15) is 29.3 Å². The largest absolute Gasteiger partial charge is 0.719 e. The first kappa shape index (κ1) is 21.0. The van der Waals surface area contributed by atoms with Crippen LogP contribution in [0.5, 0.6) is 0 Å². The predicted octanol–water partition coefficient (Wildman–Crippen LogP) is 3.81. The number of nitrogens with one attached hydrogen (secondary N) is 1. The van der Waals surface area contributed by atoms with Gasteiger partial charge >= 0.3 is 11.9 Å². The van der Waals surface area contributed by atoms with Gasteiger partial charge in [-0.25, -0.2) is 9.59 Å². The van der Waals surface area contributed by atoms with Crippen LogP contribution >= 0.6 is 0 Å². The lowest BCUT2D eigenvalue weighted by atomic mass is 10.1. The lowest BCUT2D eigenvalue weighted by Gasteiger charge is -2.41. The number of nitrogens with zero attached hydrogens (tertiary/aromatic N) is 2. The van der Waals surface area contributed by atoms with Gasteiger partial charge in [0, 0.05) is 5.69 Å². The van der Waals surface area contributed by atoms with Crippen LogP contribution in [-0.4, -0.2) is 52.7 Å². The maximum Gasteiger partial charge on any atom is 0.428 e. The number of hydrogen-bond acceptors (Lipinski definition) is 4. The van der Waals surface area contributed by atoms with Gasteiger partial charge in [-0.1, -0.05) is 49.7 Å². The number of carbonyl (C=O) groups excluding carboxylic acids is 3. The molecule has 3 rings (SSSR count). The highest BCUT2D eigenvalue weighted by atomic mass is 32.1. The summed E-state index contributed by atoms with van der Waals surface area (Å²) in [5, 5.41) is 2.53. The number of imide groups is 1. The molecule has 2 aromatic rings. The summed E-state index contributed by atoms with van der Waals surface area (Å²) in [6.07, 6.45) is 1.78. The summed E-state index contributed by atoms with van der Waals surface area (Å²) in [5.41, 5.74) is 2.23. The number of carbonyl (C=O) groups is 3. The third-order valence-corrected chi connectivity index (χ3v) is 5.60. The second-order valence-corrected chi connectivity index (χ2v) is 7.53. The normalized spacial score (nSPS) is 15.6. The second-order valence-electron chi connectivity index (χ2n) is 7.18. The van der Waals surface area contributed by atoms with Gasteiger partial charge in [-0.05, 0) is 30.2 Å². The van der Waals surface area contributed by atoms with Crippen LogP contribution in [0.2, 0.25) is 0 Å². The Balaban J connectivity index is 1.92. The minimum atomic E-state index is -0.455. The topological polar surface area (TPSA) is 66.5 Å². The summed E-state index contributed by atoms with van der Waals surface area (Å²) in [4.78, 5) is 39.9. The van der Waals surface area contributed by atoms with Crippen LogP contribution in [0.25, 0.3) is 0 Å². The molecule has 0 spiro atoms. The lowest BCUT2D eigenvalue weighted by molar-refractivity contribution is -0.770. The van der Waals surface area contributed by atoms with Crippen LogP contribution in [0, 0.1) is 0 Å². The maximum atomic E-state index is 13.4. The summed E-state index contributed by atoms with van der Waals surface area (Å²) in [5.74, 6) is -0.271. The second kappa shape index (κ2) is 9.15. The Bertz CT molecular complexity index is 893. The van der Waals surface area contributed by atoms with Crippen LogP contribution in [0.3, 0.4) is 0 Å². The highest BCUT2D eigenvalue weighted by Crippen LogP contribution is 2.24. The number of amides is 4. The first-order valence-electron chi connectivity index (χ1n) is 9.80. The van der Waals surface area contributed by atoms with Gasteiger partial charge in [0.15, 0.2) is 0 Å². The number of benzene rings is 2. The number of urea groups is 1. The molecule has 1 heterocycles. The van der Waals surface area contributed by atoms with Crippen molar-refractivity contribution in [1.82, 2.24) is 4.90 Å². The van der Waals surface area contributed by atoms with E-state index in [0.29, 0.717) is 5.56 Å². The van der Waals surface area contributed by atoms with Gasteiger partial charge in [0.05, 0.1) is 18.7 Å². The molecule has 2 aromatic carbocycles. The summed E-state index contributed by atoms with van der Waals surface area (Å²) in [6, 6.07) is 16.1. The third-order valence-electron chi connectivity index (χ3n) is 5.34. The first-order chi connectivity index (χ1) is 14.0. The van der Waals surface area contributed by atoms with E-state index in [1.807, 2.05) is 30.3 Å². The van der Waals surface area contributed by atoms with E-state index in [1.165, 1.54) is 4.90 Å². The molecule has 1 aliphatic heterocycles. The standard InChI is InChI=1S/C22H25N3O3S/c1-2-8-17-9-6-7-12-19(17)23-21(27)25(15-13-24(14-16-25)22(28)29)20(26)18-10-4-3-5-11-18/h3-7,9-12H,2,8,13-16H2,1H3,(H-,23,27,28,29). The van der Waals surface area contributed by atoms with Crippen molar-refractivity contribution in [3.8, 4) is 0 Å².